The Kier molecular flexibility index (Phi) is 9.31. The molecule has 1 atom stereocenters. The average Bonchev–Trinajstić information content (AvgIpc) is 3.03. The van der Waals surface area contributed by atoms with Crippen LogP contribution in [0.5, 0.6) is 0 Å². The molecule has 0 radical (unpaired) electrons. The Morgan fingerprint density at radius 2 is 1.93 bits per heavy atom. The first-order valence-corrected chi connectivity index (χ1v) is 13.9. The summed E-state index contributed by atoms with van der Waals surface area (Å²) in [6.07, 6.45) is 8.61. The maximum atomic E-state index is 12.6. The molecule has 0 spiro atoms. The Bertz CT molecular complexity index is 756. The van der Waals surface area contributed by atoms with Gasteiger partial charge in [0, 0.05) is 12.1 Å². The predicted octanol–water partition coefficient (Wildman–Crippen LogP) is 4.34. The summed E-state index contributed by atoms with van der Waals surface area (Å²) in [5, 5.41) is 13.0. The van der Waals surface area contributed by atoms with Crippen molar-refractivity contribution in [2.24, 2.45) is 0 Å². The molecule has 1 heterocycles. The van der Waals surface area contributed by atoms with Crippen LogP contribution in [0.2, 0.25) is 0 Å². The summed E-state index contributed by atoms with van der Waals surface area (Å²) >= 11 is 3.10. The van der Waals surface area contributed by atoms with Gasteiger partial charge in [-0.3, -0.25) is 4.79 Å². The summed E-state index contributed by atoms with van der Waals surface area (Å²) in [6.45, 7) is 4.09. The highest BCUT2D eigenvalue weighted by molar-refractivity contribution is 8.00. The molecule has 1 aromatic rings. The standard InChI is InChI=1S/C20H33NO4S3/c1-14(2)28(24,25)13-8-6-4-5-7-12-21-19(23)18-15-10-9-11-16(22)17(15)20(26-3)27-18/h14,16,22H,4-13H2,1-3H3,(H,21,23). The van der Waals surface area contributed by atoms with Crippen LogP contribution in [0.1, 0.15) is 85.7 Å². The molecule has 2 rings (SSSR count). The molecule has 160 valence electrons. The van der Waals surface area contributed by atoms with Gasteiger partial charge in [0.15, 0.2) is 9.84 Å². The van der Waals surface area contributed by atoms with Gasteiger partial charge in [-0.2, -0.15) is 0 Å². The van der Waals surface area contributed by atoms with E-state index in [2.05, 4.69) is 5.32 Å². The summed E-state index contributed by atoms with van der Waals surface area (Å²) in [7, 11) is -2.92. The van der Waals surface area contributed by atoms with Crippen LogP contribution in [0.15, 0.2) is 4.21 Å². The van der Waals surface area contributed by atoms with E-state index in [4.69, 9.17) is 0 Å². The maximum absolute atomic E-state index is 12.6. The summed E-state index contributed by atoms with van der Waals surface area (Å²) < 4.78 is 24.6. The van der Waals surface area contributed by atoms with E-state index in [9.17, 15) is 18.3 Å². The van der Waals surface area contributed by atoms with E-state index in [0.717, 1.165) is 65.2 Å². The van der Waals surface area contributed by atoms with Gasteiger partial charge in [0.1, 0.15) is 0 Å². The van der Waals surface area contributed by atoms with Crippen LogP contribution in [0.4, 0.5) is 0 Å². The lowest BCUT2D eigenvalue weighted by atomic mass is 9.91. The number of amides is 1. The van der Waals surface area contributed by atoms with Crippen molar-refractivity contribution in [2.75, 3.05) is 18.6 Å². The number of fused-ring (bicyclic) bond motifs is 1. The molecule has 1 aliphatic rings. The molecule has 1 aromatic heterocycles. The molecular formula is C20H33NO4S3. The Labute approximate surface area is 177 Å². The van der Waals surface area contributed by atoms with Gasteiger partial charge in [-0.25, -0.2) is 8.42 Å². The average molecular weight is 448 g/mol. The topological polar surface area (TPSA) is 83.5 Å². The highest BCUT2D eigenvalue weighted by Gasteiger charge is 2.29. The maximum Gasteiger partial charge on any atom is 0.261 e. The third-order valence-corrected chi connectivity index (χ3v) is 9.93. The van der Waals surface area contributed by atoms with Crippen molar-refractivity contribution in [3.63, 3.8) is 0 Å². The molecule has 1 amide bonds. The van der Waals surface area contributed by atoms with Crippen LogP contribution in [-0.4, -0.2) is 43.2 Å². The van der Waals surface area contributed by atoms with Crippen LogP contribution >= 0.6 is 23.1 Å². The van der Waals surface area contributed by atoms with E-state index in [-0.39, 0.29) is 16.9 Å². The second kappa shape index (κ2) is 11.0. The Morgan fingerprint density at radius 3 is 2.61 bits per heavy atom. The van der Waals surface area contributed by atoms with Crippen molar-refractivity contribution in [3.05, 3.63) is 16.0 Å². The zero-order chi connectivity index (χ0) is 20.7. The zero-order valence-electron chi connectivity index (χ0n) is 17.1. The first kappa shape index (κ1) is 23.7. The van der Waals surface area contributed by atoms with E-state index in [1.165, 1.54) is 11.3 Å². The lowest BCUT2D eigenvalue weighted by Gasteiger charge is -2.19. The van der Waals surface area contributed by atoms with Crippen LogP contribution in [0.3, 0.4) is 0 Å². The van der Waals surface area contributed by atoms with Gasteiger partial charge >= 0.3 is 0 Å². The molecule has 2 N–H and O–H groups in total. The quantitative estimate of drug-likeness (QED) is 0.389. The molecule has 28 heavy (non-hydrogen) atoms. The normalized spacial score (nSPS) is 17.0. The van der Waals surface area contributed by atoms with Gasteiger partial charge in [-0.05, 0) is 57.8 Å². The first-order valence-electron chi connectivity index (χ1n) is 10.1. The van der Waals surface area contributed by atoms with Crippen molar-refractivity contribution >= 4 is 38.8 Å². The van der Waals surface area contributed by atoms with Crippen molar-refractivity contribution in [2.45, 2.75) is 80.8 Å². The van der Waals surface area contributed by atoms with E-state index in [0.29, 0.717) is 13.0 Å². The number of thiophene rings is 1. The van der Waals surface area contributed by atoms with Gasteiger partial charge < -0.3 is 10.4 Å². The third-order valence-electron chi connectivity index (χ3n) is 5.25. The van der Waals surface area contributed by atoms with Crippen molar-refractivity contribution in [1.82, 2.24) is 5.32 Å². The Hall–Kier alpha value is -0.570. The van der Waals surface area contributed by atoms with Gasteiger partial charge in [-0.1, -0.05) is 19.3 Å². The molecule has 0 fully saturated rings. The number of sulfone groups is 1. The molecule has 0 saturated carbocycles. The first-order chi connectivity index (χ1) is 13.3. The minimum Gasteiger partial charge on any atom is -0.388 e. The predicted molar refractivity (Wildman–Crippen MR) is 118 cm³/mol. The number of nitrogens with one attached hydrogen (secondary N) is 1. The molecule has 0 aromatic carbocycles. The monoisotopic (exact) mass is 447 g/mol. The van der Waals surface area contributed by atoms with E-state index in [1.54, 1.807) is 25.6 Å². The number of hydrogen-bond donors (Lipinski definition) is 2. The van der Waals surface area contributed by atoms with E-state index >= 15 is 0 Å². The van der Waals surface area contributed by atoms with Crippen LogP contribution < -0.4 is 5.32 Å². The molecule has 0 bridgehead atoms. The summed E-state index contributed by atoms with van der Waals surface area (Å²) in [6, 6.07) is 0. The molecule has 1 aliphatic carbocycles. The van der Waals surface area contributed by atoms with E-state index in [1.807, 2.05) is 6.26 Å². The fourth-order valence-electron chi connectivity index (χ4n) is 3.47. The zero-order valence-corrected chi connectivity index (χ0v) is 19.6. The van der Waals surface area contributed by atoms with Crippen LogP contribution in [0.25, 0.3) is 0 Å². The van der Waals surface area contributed by atoms with Crippen molar-refractivity contribution in [3.8, 4) is 0 Å². The highest BCUT2D eigenvalue weighted by atomic mass is 32.2. The number of carbonyl (C=O) groups excluding carboxylic acids is 1. The number of rotatable bonds is 11. The van der Waals surface area contributed by atoms with E-state index < -0.39 is 15.9 Å². The summed E-state index contributed by atoms with van der Waals surface area (Å²) in [4.78, 5) is 13.4. The molecule has 5 nitrogen and oxygen atoms in total. The lowest BCUT2D eigenvalue weighted by Crippen LogP contribution is -2.25. The Morgan fingerprint density at radius 1 is 1.25 bits per heavy atom. The van der Waals surface area contributed by atoms with Crippen LogP contribution in [-0.2, 0) is 16.3 Å². The number of aliphatic hydroxyl groups is 1. The Balaban J connectivity index is 1.71. The number of carbonyl (C=O) groups is 1. The number of hydrogen-bond acceptors (Lipinski definition) is 6. The number of thioether (sulfide) groups is 1. The molecule has 8 heteroatoms. The fraction of sp³-hybridized carbons (Fsp3) is 0.750. The second-order valence-corrected chi connectivity index (χ2v) is 12.4. The van der Waals surface area contributed by atoms with Crippen molar-refractivity contribution < 1.29 is 18.3 Å². The second-order valence-electron chi connectivity index (χ2n) is 7.66. The minimum absolute atomic E-state index is 0.0290. The van der Waals surface area contributed by atoms with Gasteiger partial charge in [0.05, 0.1) is 26.2 Å². The molecule has 1 unspecified atom stereocenters. The van der Waals surface area contributed by atoms with Gasteiger partial charge in [-0.15, -0.1) is 23.1 Å². The molecule has 0 saturated heterocycles. The summed E-state index contributed by atoms with van der Waals surface area (Å²) in [5.41, 5.74) is 2.02. The number of aliphatic hydroxyl groups excluding tert-OH is 1. The number of unbranched alkanes of at least 4 members (excludes halogenated alkanes) is 4. The summed E-state index contributed by atoms with van der Waals surface area (Å²) in [5.74, 6) is 0.243. The van der Waals surface area contributed by atoms with Crippen molar-refractivity contribution in [1.29, 1.82) is 0 Å². The third kappa shape index (κ3) is 6.21. The highest BCUT2D eigenvalue weighted by Crippen LogP contribution is 2.43. The largest absolute Gasteiger partial charge is 0.388 e. The van der Waals surface area contributed by atoms with Gasteiger partial charge in [0.25, 0.3) is 5.91 Å². The lowest BCUT2D eigenvalue weighted by molar-refractivity contribution is 0.0955. The minimum atomic E-state index is -2.92. The molecular weight excluding hydrogens is 414 g/mol. The SMILES string of the molecule is CSc1sc(C(=O)NCCCCCCCS(=O)(=O)C(C)C)c2c1C(O)CCC2. The smallest absolute Gasteiger partial charge is 0.261 e. The van der Waals surface area contributed by atoms with Gasteiger partial charge in [0.2, 0.25) is 0 Å². The molecule has 0 aliphatic heterocycles. The van der Waals surface area contributed by atoms with Crippen LogP contribution in [0, 0.1) is 0 Å². The fourth-order valence-corrected chi connectivity index (χ4v) is 6.66.